The van der Waals surface area contributed by atoms with E-state index in [4.69, 9.17) is 4.98 Å². The Morgan fingerprint density at radius 1 is 1.22 bits per heavy atom. The van der Waals surface area contributed by atoms with E-state index in [2.05, 4.69) is 45.5 Å². The van der Waals surface area contributed by atoms with Crippen molar-refractivity contribution in [1.29, 1.82) is 0 Å². The summed E-state index contributed by atoms with van der Waals surface area (Å²) in [5, 5.41) is 4.57. The van der Waals surface area contributed by atoms with E-state index in [-0.39, 0.29) is 11.9 Å². The fourth-order valence-electron chi connectivity index (χ4n) is 5.42. The van der Waals surface area contributed by atoms with E-state index in [9.17, 15) is 4.79 Å². The topological polar surface area (TPSA) is 77.9 Å². The quantitative estimate of drug-likeness (QED) is 0.509. The minimum Gasteiger partial charge on any atom is -0.333 e. The molecule has 7 nitrogen and oxygen atoms in total. The van der Waals surface area contributed by atoms with Gasteiger partial charge in [-0.3, -0.25) is 4.79 Å². The highest BCUT2D eigenvalue weighted by Gasteiger charge is 2.51. The first-order valence-electron chi connectivity index (χ1n) is 11.6. The maximum absolute atomic E-state index is 13.2. The normalized spacial score (nSPS) is 24.4. The zero-order valence-corrected chi connectivity index (χ0v) is 18.3. The average Bonchev–Trinajstić information content (AvgIpc) is 3.69. The number of nitrogens with one attached hydrogen (secondary N) is 1. The molecule has 2 aliphatic heterocycles. The summed E-state index contributed by atoms with van der Waals surface area (Å²) in [6.07, 6.45) is 4.43. The number of hydrogen-bond acceptors (Lipinski definition) is 4. The van der Waals surface area contributed by atoms with E-state index < -0.39 is 0 Å². The number of likely N-dealkylation sites (tertiary alicyclic amines) is 1. The Labute approximate surface area is 186 Å². The number of benzene rings is 1. The van der Waals surface area contributed by atoms with Crippen molar-refractivity contribution >= 4 is 28.0 Å². The van der Waals surface area contributed by atoms with Gasteiger partial charge in [-0.2, -0.15) is 0 Å². The maximum atomic E-state index is 13.2. The summed E-state index contributed by atoms with van der Waals surface area (Å²) in [6, 6.07) is 13.4. The fraction of sp³-hybridized carbons (Fsp3) is 0.400. The lowest BCUT2D eigenvalue weighted by atomic mass is 10.1. The molecule has 2 saturated heterocycles. The molecule has 0 radical (unpaired) electrons. The molecule has 0 bridgehead atoms. The van der Waals surface area contributed by atoms with Gasteiger partial charge in [-0.1, -0.05) is 0 Å². The molecule has 162 valence electrons. The number of pyridine rings is 1. The van der Waals surface area contributed by atoms with Crippen molar-refractivity contribution in [2.75, 3.05) is 6.54 Å². The molecule has 5 heterocycles. The number of rotatable bonds is 4. The van der Waals surface area contributed by atoms with Crippen molar-refractivity contribution in [3.05, 3.63) is 48.2 Å². The second-order valence-corrected chi connectivity index (χ2v) is 9.69. The van der Waals surface area contributed by atoms with Gasteiger partial charge in [0.2, 0.25) is 0 Å². The van der Waals surface area contributed by atoms with E-state index in [1.165, 1.54) is 12.8 Å². The molecular weight excluding hydrogens is 400 g/mol. The molecule has 1 aromatic carbocycles. The Morgan fingerprint density at radius 3 is 2.88 bits per heavy atom. The highest BCUT2D eigenvalue weighted by Crippen LogP contribution is 2.36. The summed E-state index contributed by atoms with van der Waals surface area (Å²) >= 11 is 0. The van der Waals surface area contributed by atoms with Crippen molar-refractivity contribution in [2.45, 2.75) is 44.4 Å². The van der Waals surface area contributed by atoms with Crippen molar-refractivity contribution < 1.29 is 4.79 Å². The molecule has 1 amide bonds. The van der Waals surface area contributed by atoms with Crippen LogP contribution in [-0.2, 0) is 13.6 Å². The average molecular weight is 427 g/mol. The van der Waals surface area contributed by atoms with E-state index >= 15 is 0 Å². The van der Waals surface area contributed by atoms with Gasteiger partial charge in [-0.05, 0) is 62.1 Å². The number of imidazole rings is 1. The van der Waals surface area contributed by atoms with Crippen LogP contribution in [0.2, 0.25) is 0 Å². The van der Waals surface area contributed by atoms with Crippen LogP contribution < -0.4 is 5.32 Å². The molecule has 1 aliphatic carbocycles. The molecule has 0 spiro atoms. The van der Waals surface area contributed by atoms with Gasteiger partial charge in [-0.15, -0.1) is 0 Å². The summed E-state index contributed by atoms with van der Waals surface area (Å²) in [6.45, 7) is 3.91. The van der Waals surface area contributed by atoms with Crippen molar-refractivity contribution in [3.8, 4) is 11.5 Å². The molecular formula is C25H26N6O. The van der Waals surface area contributed by atoms with Crippen molar-refractivity contribution in [1.82, 2.24) is 29.3 Å². The van der Waals surface area contributed by atoms with Gasteiger partial charge < -0.3 is 19.4 Å². The van der Waals surface area contributed by atoms with E-state index in [0.29, 0.717) is 12.1 Å². The second-order valence-electron chi connectivity index (χ2n) is 9.69. The number of amides is 1. The van der Waals surface area contributed by atoms with Gasteiger partial charge in [-0.25, -0.2) is 9.97 Å². The summed E-state index contributed by atoms with van der Waals surface area (Å²) in [7, 11) is 2.06. The predicted molar refractivity (Wildman–Crippen MR) is 123 cm³/mol. The summed E-state index contributed by atoms with van der Waals surface area (Å²) in [5.41, 5.74) is 4.73. The number of fused-ring (bicyclic) bond motifs is 3. The SMILES string of the molecule is CC1[C@@H]2N[C@@H]2CN1C(=O)c1ccc2c(c1)nc(-c1cc3cccnc3n1CC1CC1)n2C. The smallest absolute Gasteiger partial charge is 0.254 e. The standard InChI is InChI=1S/C25H26N6O/c1-14-22-19(27-22)13-30(14)25(32)17-7-8-20-18(10-17)28-24(29(20)2)21-11-16-4-3-9-26-23(16)31(21)12-15-5-6-15/h3-4,7-11,14-15,19,22,27H,5-6,12-13H2,1-2H3/t14?,19-,22+/m1/s1. The van der Waals surface area contributed by atoms with Crippen LogP contribution >= 0.6 is 0 Å². The molecule has 3 atom stereocenters. The second kappa shape index (κ2) is 6.42. The Bertz CT molecular complexity index is 1400. The maximum Gasteiger partial charge on any atom is 0.254 e. The first-order valence-corrected chi connectivity index (χ1v) is 11.6. The molecule has 4 aromatic rings. The third-order valence-corrected chi connectivity index (χ3v) is 7.55. The van der Waals surface area contributed by atoms with Crippen LogP contribution in [0.4, 0.5) is 0 Å². The highest BCUT2D eigenvalue weighted by atomic mass is 16.2. The van der Waals surface area contributed by atoms with Gasteiger partial charge in [0.1, 0.15) is 5.65 Å². The molecule has 32 heavy (non-hydrogen) atoms. The van der Waals surface area contributed by atoms with Gasteiger partial charge in [0.05, 0.1) is 16.7 Å². The van der Waals surface area contributed by atoms with Crippen molar-refractivity contribution in [3.63, 3.8) is 0 Å². The summed E-state index contributed by atoms with van der Waals surface area (Å²) in [4.78, 5) is 24.8. The lowest BCUT2D eigenvalue weighted by Gasteiger charge is -2.24. The molecule has 7 rings (SSSR count). The Morgan fingerprint density at radius 2 is 2.09 bits per heavy atom. The number of carbonyl (C=O) groups is 1. The van der Waals surface area contributed by atoms with Gasteiger partial charge >= 0.3 is 0 Å². The Balaban J connectivity index is 1.31. The van der Waals surface area contributed by atoms with Gasteiger partial charge in [0.25, 0.3) is 5.91 Å². The monoisotopic (exact) mass is 426 g/mol. The molecule has 3 fully saturated rings. The number of carbonyl (C=O) groups excluding carboxylic acids is 1. The lowest BCUT2D eigenvalue weighted by molar-refractivity contribution is 0.0727. The third-order valence-electron chi connectivity index (χ3n) is 7.55. The molecule has 1 saturated carbocycles. The van der Waals surface area contributed by atoms with Crippen molar-refractivity contribution in [2.24, 2.45) is 13.0 Å². The number of aromatic nitrogens is 4. The fourth-order valence-corrected chi connectivity index (χ4v) is 5.42. The zero-order valence-electron chi connectivity index (χ0n) is 18.3. The lowest BCUT2D eigenvalue weighted by Crippen LogP contribution is -2.40. The van der Waals surface area contributed by atoms with Gasteiger partial charge in [0, 0.05) is 55.4 Å². The van der Waals surface area contributed by atoms with Crippen LogP contribution in [0.15, 0.2) is 42.6 Å². The Hall–Kier alpha value is -3.19. The number of hydrogen-bond donors (Lipinski definition) is 1. The molecule has 3 aromatic heterocycles. The highest BCUT2D eigenvalue weighted by molar-refractivity contribution is 5.98. The number of aryl methyl sites for hydroxylation is 1. The number of piperazine rings is 1. The summed E-state index contributed by atoms with van der Waals surface area (Å²) < 4.78 is 4.46. The molecule has 7 heteroatoms. The summed E-state index contributed by atoms with van der Waals surface area (Å²) in [5.74, 6) is 1.75. The zero-order chi connectivity index (χ0) is 21.6. The molecule has 1 N–H and O–H groups in total. The van der Waals surface area contributed by atoms with Crippen LogP contribution in [0.25, 0.3) is 33.6 Å². The van der Waals surface area contributed by atoms with E-state index in [1.54, 1.807) is 0 Å². The van der Waals surface area contributed by atoms with Crippen LogP contribution in [0.5, 0.6) is 0 Å². The van der Waals surface area contributed by atoms with Crippen LogP contribution in [0.1, 0.15) is 30.1 Å². The molecule has 1 unspecified atom stereocenters. The van der Waals surface area contributed by atoms with Gasteiger partial charge in [0.15, 0.2) is 5.82 Å². The third kappa shape index (κ3) is 2.67. The first kappa shape index (κ1) is 18.4. The Kier molecular flexibility index (Phi) is 3.69. The minimum absolute atomic E-state index is 0.104. The van der Waals surface area contributed by atoms with Crippen LogP contribution in [0, 0.1) is 5.92 Å². The van der Waals surface area contributed by atoms with E-state index in [0.717, 1.165) is 58.2 Å². The van der Waals surface area contributed by atoms with E-state index in [1.807, 2.05) is 35.4 Å². The van der Waals surface area contributed by atoms with Crippen LogP contribution in [0.3, 0.4) is 0 Å². The minimum atomic E-state index is 0.104. The number of nitrogens with zero attached hydrogens (tertiary/aromatic N) is 5. The molecule has 3 aliphatic rings. The first-order chi connectivity index (χ1) is 15.6. The largest absolute Gasteiger partial charge is 0.333 e. The predicted octanol–water partition coefficient (Wildman–Crippen LogP) is 3.18. The van der Waals surface area contributed by atoms with Crippen LogP contribution in [-0.4, -0.2) is 54.6 Å².